The largest absolute Gasteiger partial charge is 0.341 e. The molecule has 0 spiro atoms. The van der Waals surface area contributed by atoms with E-state index in [-0.39, 0.29) is 0 Å². The lowest BCUT2D eigenvalue weighted by Gasteiger charge is -2.28. The molecule has 2 rings (SSSR count). The van der Waals surface area contributed by atoms with Crippen molar-refractivity contribution in [2.24, 2.45) is 5.92 Å². The summed E-state index contributed by atoms with van der Waals surface area (Å²) in [4.78, 5) is 16.1. The lowest BCUT2D eigenvalue weighted by Crippen LogP contribution is -2.39. The molecule has 0 saturated carbocycles. The van der Waals surface area contributed by atoms with Gasteiger partial charge in [0.1, 0.15) is 0 Å². The molecule has 16 heavy (non-hydrogen) atoms. The molecule has 90 valence electrons. The van der Waals surface area contributed by atoms with Crippen LogP contribution in [-0.2, 0) is 4.79 Å². The highest BCUT2D eigenvalue weighted by Gasteiger charge is 2.27. The average molecular weight is 240 g/mol. The van der Waals surface area contributed by atoms with Crippen molar-refractivity contribution in [3.8, 4) is 0 Å². The van der Waals surface area contributed by atoms with Crippen molar-refractivity contribution in [3.63, 3.8) is 0 Å². The summed E-state index contributed by atoms with van der Waals surface area (Å²) in [6, 6.07) is 0. The number of carbonyl (C=O) groups is 1. The first-order valence-electron chi connectivity index (χ1n) is 6.00. The smallest absolute Gasteiger partial charge is 0.223 e. The first kappa shape index (κ1) is 12.0. The average Bonchev–Trinajstić information content (AvgIpc) is 2.69. The van der Waals surface area contributed by atoms with E-state index < -0.39 is 0 Å². The van der Waals surface area contributed by atoms with Crippen LogP contribution in [0.5, 0.6) is 0 Å². The molecular formula is C12H20N2OS. The number of hydrogen-bond donors (Lipinski definition) is 0. The van der Waals surface area contributed by atoms with Crippen molar-refractivity contribution in [1.82, 2.24) is 9.80 Å². The van der Waals surface area contributed by atoms with Crippen LogP contribution in [0.3, 0.4) is 0 Å². The van der Waals surface area contributed by atoms with E-state index in [9.17, 15) is 4.79 Å². The Balaban J connectivity index is 1.73. The van der Waals surface area contributed by atoms with E-state index in [4.69, 9.17) is 0 Å². The second-order valence-corrected chi connectivity index (χ2v) is 5.72. The second kappa shape index (κ2) is 5.73. The molecule has 0 aromatic rings. The topological polar surface area (TPSA) is 23.6 Å². The van der Waals surface area contributed by atoms with Crippen LogP contribution in [0, 0.1) is 5.92 Å². The van der Waals surface area contributed by atoms with Crippen molar-refractivity contribution >= 4 is 17.7 Å². The summed E-state index contributed by atoms with van der Waals surface area (Å²) in [5.41, 5.74) is 0. The molecule has 0 aromatic carbocycles. The number of hydrogen-bond acceptors (Lipinski definition) is 3. The first-order chi connectivity index (χ1) is 7.79. The molecule has 2 heterocycles. The minimum absolute atomic E-state index is 0.302. The molecule has 0 aliphatic carbocycles. The minimum Gasteiger partial charge on any atom is -0.341 e. The van der Waals surface area contributed by atoms with E-state index in [1.807, 2.05) is 22.7 Å². The number of likely N-dealkylation sites (tertiary alicyclic amines) is 1. The molecule has 2 saturated heterocycles. The third-order valence-electron chi connectivity index (χ3n) is 3.37. The van der Waals surface area contributed by atoms with Crippen LogP contribution in [0.15, 0.2) is 12.7 Å². The SMILES string of the molecule is C=CC1CC(=O)N(CCN2CCSCC2)C1. The van der Waals surface area contributed by atoms with Crippen LogP contribution in [-0.4, -0.2) is 59.9 Å². The molecule has 0 aromatic heterocycles. The zero-order valence-electron chi connectivity index (χ0n) is 9.73. The quantitative estimate of drug-likeness (QED) is 0.687. The van der Waals surface area contributed by atoms with Crippen molar-refractivity contribution < 1.29 is 4.79 Å². The normalized spacial score (nSPS) is 27.4. The van der Waals surface area contributed by atoms with Gasteiger partial charge < -0.3 is 4.90 Å². The summed E-state index contributed by atoms with van der Waals surface area (Å²) < 4.78 is 0. The zero-order valence-corrected chi connectivity index (χ0v) is 10.5. The molecule has 0 bridgehead atoms. The molecule has 0 radical (unpaired) electrons. The van der Waals surface area contributed by atoms with E-state index in [0.717, 1.165) is 19.6 Å². The highest BCUT2D eigenvalue weighted by Crippen LogP contribution is 2.18. The Kier molecular flexibility index (Phi) is 4.29. The Morgan fingerprint density at radius 2 is 2.12 bits per heavy atom. The summed E-state index contributed by atoms with van der Waals surface area (Å²) in [6.07, 6.45) is 2.58. The van der Waals surface area contributed by atoms with Gasteiger partial charge >= 0.3 is 0 Å². The molecule has 4 heteroatoms. The Bertz CT molecular complexity index is 264. The summed E-state index contributed by atoms with van der Waals surface area (Å²) in [5, 5.41) is 0. The van der Waals surface area contributed by atoms with Crippen LogP contribution < -0.4 is 0 Å². The summed E-state index contributed by atoms with van der Waals surface area (Å²) in [7, 11) is 0. The predicted molar refractivity (Wildman–Crippen MR) is 68.6 cm³/mol. The van der Waals surface area contributed by atoms with Gasteiger partial charge in [-0.2, -0.15) is 11.8 Å². The standard InChI is InChI=1S/C12H20N2OS/c1-2-11-9-12(15)14(10-11)4-3-13-5-7-16-8-6-13/h2,11H,1,3-10H2. The van der Waals surface area contributed by atoms with Crippen molar-refractivity contribution in [2.45, 2.75) is 6.42 Å². The van der Waals surface area contributed by atoms with Crippen molar-refractivity contribution in [1.29, 1.82) is 0 Å². The second-order valence-electron chi connectivity index (χ2n) is 4.49. The molecule has 1 unspecified atom stereocenters. The van der Waals surface area contributed by atoms with Crippen LogP contribution in [0.25, 0.3) is 0 Å². The van der Waals surface area contributed by atoms with Crippen LogP contribution in [0.1, 0.15) is 6.42 Å². The van der Waals surface area contributed by atoms with Gasteiger partial charge in [-0.3, -0.25) is 9.69 Å². The van der Waals surface area contributed by atoms with Gasteiger partial charge in [-0.15, -0.1) is 6.58 Å². The van der Waals surface area contributed by atoms with Crippen LogP contribution in [0.2, 0.25) is 0 Å². The van der Waals surface area contributed by atoms with Gasteiger partial charge in [0.05, 0.1) is 0 Å². The van der Waals surface area contributed by atoms with Crippen LogP contribution in [0.4, 0.5) is 0 Å². The number of thioether (sulfide) groups is 1. The summed E-state index contributed by atoms with van der Waals surface area (Å²) in [6.45, 7) is 8.94. The van der Waals surface area contributed by atoms with Gasteiger partial charge in [0, 0.05) is 56.6 Å². The molecule has 3 nitrogen and oxygen atoms in total. The van der Waals surface area contributed by atoms with Gasteiger partial charge in [-0.1, -0.05) is 6.08 Å². The van der Waals surface area contributed by atoms with E-state index in [1.165, 1.54) is 24.6 Å². The van der Waals surface area contributed by atoms with E-state index in [0.29, 0.717) is 18.2 Å². The van der Waals surface area contributed by atoms with Gasteiger partial charge in [-0.25, -0.2) is 0 Å². The van der Waals surface area contributed by atoms with Gasteiger partial charge in [-0.05, 0) is 0 Å². The number of rotatable bonds is 4. The lowest BCUT2D eigenvalue weighted by molar-refractivity contribution is -0.127. The van der Waals surface area contributed by atoms with Crippen LogP contribution >= 0.6 is 11.8 Å². The van der Waals surface area contributed by atoms with Gasteiger partial charge in [0.25, 0.3) is 0 Å². The monoisotopic (exact) mass is 240 g/mol. The molecule has 0 N–H and O–H groups in total. The third kappa shape index (κ3) is 3.01. The van der Waals surface area contributed by atoms with Gasteiger partial charge in [0.2, 0.25) is 5.91 Å². The van der Waals surface area contributed by atoms with Crippen molar-refractivity contribution in [2.75, 3.05) is 44.2 Å². The number of amides is 1. The predicted octanol–water partition coefficient (Wildman–Crippen LogP) is 1.07. The van der Waals surface area contributed by atoms with E-state index in [2.05, 4.69) is 11.5 Å². The molecule has 2 aliphatic heterocycles. The summed E-state index contributed by atoms with van der Waals surface area (Å²) in [5.74, 6) is 3.16. The first-order valence-corrected chi connectivity index (χ1v) is 7.15. The maximum Gasteiger partial charge on any atom is 0.223 e. The molecule has 1 atom stereocenters. The molecular weight excluding hydrogens is 220 g/mol. The number of nitrogens with zero attached hydrogens (tertiary/aromatic N) is 2. The molecule has 2 aliphatic rings. The van der Waals surface area contributed by atoms with E-state index in [1.54, 1.807) is 0 Å². The Hall–Kier alpha value is -0.480. The molecule has 2 fully saturated rings. The third-order valence-corrected chi connectivity index (χ3v) is 4.31. The van der Waals surface area contributed by atoms with Crippen molar-refractivity contribution in [3.05, 3.63) is 12.7 Å². The molecule has 1 amide bonds. The highest BCUT2D eigenvalue weighted by atomic mass is 32.2. The minimum atomic E-state index is 0.302. The van der Waals surface area contributed by atoms with Gasteiger partial charge in [0.15, 0.2) is 0 Å². The highest BCUT2D eigenvalue weighted by molar-refractivity contribution is 7.99. The maximum absolute atomic E-state index is 11.7. The lowest BCUT2D eigenvalue weighted by atomic mass is 10.1. The number of carbonyl (C=O) groups excluding carboxylic acids is 1. The maximum atomic E-state index is 11.7. The fourth-order valence-electron chi connectivity index (χ4n) is 2.26. The Morgan fingerprint density at radius 1 is 1.38 bits per heavy atom. The fraction of sp³-hybridized carbons (Fsp3) is 0.750. The summed E-state index contributed by atoms with van der Waals surface area (Å²) >= 11 is 2.03. The van der Waals surface area contributed by atoms with E-state index >= 15 is 0 Å². The zero-order chi connectivity index (χ0) is 11.4. The Labute approximate surface area is 102 Å². The fourth-order valence-corrected chi connectivity index (χ4v) is 3.24. The Morgan fingerprint density at radius 3 is 2.75 bits per heavy atom.